The number of hydrogen-bond acceptors (Lipinski definition) is 1. The molecule has 0 aliphatic heterocycles. The van der Waals surface area contributed by atoms with Crippen LogP contribution in [0.2, 0.25) is 0 Å². The monoisotopic (exact) mass is 247 g/mol. The van der Waals surface area contributed by atoms with E-state index in [2.05, 4.69) is 45.4 Å². The molecule has 18 heavy (non-hydrogen) atoms. The van der Waals surface area contributed by atoms with Gasteiger partial charge in [0.25, 0.3) is 0 Å². The van der Waals surface area contributed by atoms with Crippen LogP contribution in [-0.4, -0.2) is 10.4 Å². The molecule has 2 rings (SSSR count). The number of fused-ring (bicyclic) bond motifs is 1. The lowest BCUT2D eigenvalue weighted by molar-refractivity contribution is 0.0907. The van der Waals surface area contributed by atoms with Crippen LogP contribution < -0.4 is 0 Å². The van der Waals surface area contributed by atoms with Crippen molar-refractivity contribution in [2.24, 2.45) is 5.41 Å². The van der Waals surface area contributed by atoms with Crippen molar-refractivity contribution in [2.75, 3.05) is 0 Å². The van der Waals surface area contributed by atoms with Crippen LogP contribution in [0.5, 0.6) is 0 Å². The van der Waals surface area contributed by atoms with E-state index in [-0.39, 0.29) is 11.0 Å². The molecule has 0 bridgehead atoms. The van der Waals surface area contributed by atoms with Gasteiger partial charge in [-0.2, -0.15) is 0 Å². The lowest BCUT2D eigenvalue weighted by atomic mass is 9.76. The zero-order chi connectivity index (χ0) is 13.6. The van der Waals surface area contributed by atoms with Gasteiger partial charge in [0.2, 0.25) is 0 Å². The topological polar surface area (TPSA) is 22.0 Å². The fourth-order valence-corrected chi connectivity index (χ4v) is 3.04. The number of ketones is 1. The van der Waals surface area contributed by atoms with Crippen molar-refractivity contribution in [3.63, 3.8) is 0 Å². The molecule has 0 saturated carbocycles. The SMILES string of the molecule is CCC(C)(CC)n1ccc2c1CC(C)(C)CC2=O. The summed E-state index contributed by atoms with van der Waals surface area (Å²) < 4.78 is 2.36. The molecule has 0 spiro atoms. The molecule has 1 aliphatic carbocycles. The number of hydrogen-bond donors (Lipinski definition) is 0. The van der Waals surface area contributed by atoms with Crippen LogP contribution in [-0.2, 0) is 12.0 Å². The fraction of sp³-hybridized carbons (Fsp3) is 0.688. The van der Waals surface area contributed by atoms with Gasteiger partial charge in [-0.25, -0.2) is 0 Å². The summed E-state index contributed by atoms with van der Waals surface area (Å²) >= 11 is 0. The van der Waals surface area contributed by atoms with Crippen LogP contribution in [0.15, 0.2) is 12.3 Å². The van der Waals surface area contributed by atoms with Crippen LogP contribution in [0.25, 0.3) is 0 Å². The molecule has 2 heteroatoms. The Bertz CT molecular complexity index is 463. The van der Waals surface area contributed by atoms with E-state index in [1.54, 1.807) is 0 Å². The third-order valence-electron chi connectivity index (χ3n) is 4.68. The number of aromatic nitrogens is 1. The number of carbonyl (C=O) groups is 1. The molecule has 0 saturated heterocycles. The summed E-state index contributed by atoms with van der Waals surface area (Å²) in [5, 5.41) is 0. The highest BCUT2D eigenvalue weighted by atomic mass is 16.1. The average Bonchev–Trinajstić information content (AvgIpc) is 2.70. The molecule has 0 N–H and O–H groups in total. The smallest absolute Gasteiger partial charge is 0.165 e. The third kappa shape index (κ3) is 2.02. The molecule has 1 aromatic rings. The highest BCUT2D eigenvalue weighted by Crippen LogP contribution is 2.38. The van der Waals surface area contributed by atoms with E-state index in [4.69, 9.17) is 0 Å². The minimum Gasteiger partial charge on any atom is -0.345 e. The second-order valence-corrected chi connectivity index (χ2v) is 6.69. The maximum absolute atomic E-state index is 12.2. The molecule has 0 aromatic carbocycles. The molecule has 1 aromatic heterocycles. The van der Waals surface area contributed by atoms with E-state index >= 15 is 0 Å². The summed E-state index contributed by atoms with van der Waals surface area (Å²) in [5.74, 6) is 0.314. The Labute approximate surface area is 110 Å². The first kappa shape index (κ1) is 13.4. The fourth-order valence-electron chi connectivity index (χ4n) is 3.04. The summed E-state index contributed by atoms with van der Waals surface area (Å²) in [5.41, 5.74) is 2.45. The molecule has 0 radical (unpaired) electrons. The van der Waals surface area contributed by atoms with Crippen molar-refractivity contribution in [1.29, 1.82) is 0 Å². The van der Waals surface area contributed by atoms with Gasteiger partial charge in [-0.3, -0.25) is 4.79 Å². The normalized spacial score (nSPS) is 18.8. The Hall–Kier alpha value is -1.05. The van der Waals surface area contributed by atoms with Gasteiger partial charge in [-0.1, -0.05) is 27.7 Å². The molecule has 0 unspecified atom stereocenters. The van der Waals surface area contributed by atoms with Gasteiger partial charge in [0, 0.05) is 29.4 Å². The van der Waals surface area contributed by atoms with Crippen molar-refractivity contribution >= 4 is 5.78 Å². The van der Waals surface area contributed by atoms with Gasteiger partial charge in [0.15, 0.2) is 5.78 Å². The second kappa shape index (κ2) is 4.25. The molecule has 1 aliphatic rings. The number of Topliss-reactive ketones (excluding diaryl/α,β-unsaturated/α-hetero) is 1. The summed E-state index contributed by atoms with van der Waals surface area (Å²) in [6, 6.07) is 2.02. The standard InChI is InChI=1S/C16H25NO/c1-6-16(5,7-2)17-9-8-12-13(17)10-15(3,4)11-14(12)18/h8-9H,6-7,10-11H2,1-5H3. The van der Waals surface area contributed by atoms with E-state index < -0.39 is 0 Å². The Balaban J connectivity index is 2.52. The summed E-state index contributed by atoms with van der Waals surface area (Å²) in [7, 11) is 0. The van der Waals surface area contributed by atoms with E-state index in [9.17, 15) is 4.79 Å². The van der Waals surface area contributed by atoms with Gasteiger partial charge in [-0.15, -0.1) is 0 Å². The first-order valence-electron chi connectivity index (χ1n) is 7.07. The van der Waals surface area contributed by atoms with Crippen LogP contribution in [0.3, 0.4) is 0 Å². The number of carbonyl (C=O) groups excluding carboxylic acids is 1. The molecule has 0 amide bonds. The molecular weight excluding hydrogens is 222 g/mol. The highest BCUT2D eigenvalue weighted by Gasteiger charge is 2.35. The van der Waals surface area contributed by atoms with E-state index in [1.165, 1.54) is 5.69 Å². The Morgan fingerprint density at radius 3 is 2.44 bits per heavy atom. The molecule has 0 fully saturated rings. The van der Waals surface area contributed by atoms with E-state index in [0.717, 1.165) is 24.8 Å². The first-order chi connectivity index (χ1) is 8.33. The zero-order valence-corrected chi connectivity index (χ0v) is 12.3. The Morgan fingerprint density at radius 2 is 1.89 bits per heavy atom. The maximum atomic E-state index is 12.2. The first-order valence-corrected chi connectivity index (χ1v) is 7.07. The zero-order valence-electron chi connectivity index (χ0n) is 12.3. The highest BCUT2D eigenvalue weighted by molar-refractivity contribution is 5.98. The van der Waals surface area contributed by atoms with Crippen molar-refractivity contribution in [3.8, 4) is 0 Å². The van der Waals surface area contributed by atoms with E-state index in [1.807, 2.05) is 6.07 Å². The molecular formula is C16H25NO. The predicted octanol–water partition coefficient (Wildman–Crippen LogP) is 4.18. The molecule has 0 atom stereocenters. The van der Waals surface area contributed by atoms with Crippen LogP contribution in [0.1, 0.15) is 69.9 Å². The van der Waals surface area contributed by atoms with Gasteiger partial charge >= 0.3 is 0 Å². The largest absolute Gasteiger partial charge is 0.345 e. The van der Waals surface area contributed by atoms with Gasteiger partial charge < -0.3 is 4.57 Å². The van der Waals surface area contributed by atoms with Gasteiger partial charge in [-0.05, 0) is 37.7 Å². The van der Waals surface area contributed by atoms with Gasteiger partial charge in [0.05, 0.1) is 0 Å². The van der Waals surface area contributed by atoms with Crippen molar-refractivity contribution in [3.05, 3.63) is 23.5 Å². The summed E-state index contributed by atoms with van der Waals surface area (Å²) in [4.78, 5) is 12.2. The Morgan fingerprint density at radius 1 is 1.28 bits per heavy atom. The number of nitrogens with zero attached hydrogens (tertiary/aromatic N) is 1. The molecule has 2 nitrogen and oxygen atoms in total. The van der Waals surface area contributed by atoms with Crippen LogP contribution in [0.4, 0.5) is 0 Å². The number of rotatable bonds is 3. The van der Waals surface area contributed by atoms with Crippen molar-refractivity contribution < 1.29 is 4.79 Å². The summed E-state index contributed by atoms with van der Waals surface area (Å²) in [6.07, 6.45) is 6.01. The lowest BCUT2D eigenvalue weighted by Crippen LogP contribution is -2.34. The van der Waals surface area contributed by atoms with E-state index in [0.29, 0.717) is 12.2 Å². The maximum Gasteiger partial charge on any atom is 0.165 e. The van der Waals surface area contributed by atoms with Crippen molar-refractivity contribution in [2.45, 2.75) is 65.8 Å². The minimum atomic E-state index is 0.0998. The second-order valence-electron chi connectivity index (χ2n) is 6.69. The lowest BCUT2D eigenvalue weighted by Gasteiger charge is -2.36. The average molecular weight is 247 g/mol. The van der Waals surface area contributed by atoms with Gasteiger partial charge in [0.1, 0.15) is 0 Å². The molecule has 1 heterocycles. The van der Waals surface area contributed by atoms with Crippen LogP contribution >= 0.6 is 0 Å². The Kier molecular flexibility index (Phi) is 3.16. The minimum absolute atomic E-state index is 0.0998. The molecule has 100 valence electrons. The summed E-state index contributed by atoms with van der Waals surface area (Å²) in [6.45, 7) is 11.1. The van der Waals surface area contributed by atoms with Crippen molar-refractivity contribution in [1.82, 2.24) is 4.57 Å². The predicted molar refractivity (Wildman–Crippen MR) is 75.1 cm³/mol. The quantitative estimate of drug-likeness (QED) is 0.785. The third-order valence-corrected chi connectivity index (χ3v) is 4.68. The van der Waals surface area contributed by atoms with Crippen LogP contribution in [0, 0.1) is 5.41 Å².